The van der Waals surface area contributed by atoms with Crippen LogP contribution in [0.3, 0.4) is 0 Å². The number of aryl methyl sites for hydroxylation is 1. The average molecular weight is 543 g/mol. The summed E-state index contributed by atoms with van der Waals surface area (Å²) >= 11 is 6.07. The number of hydrogen-bond donors (Lipinski definition) is 1. The Hall–Kier alpha value is -3.44. The van der Waals surface area contributed by atoms with Crippen molar-refractivity contribution in [1.29, 1.82) is 0 Å². The molecule has 192 valence electrons. The molecule has 1 N–H and O–H groups in total. The van der Waals surface area contributed by atoms with Gasteiger partial charge in [-0.05, 0) is 37.3 Å². The molecule has 0 saturated carbocycles. The zero-order valence-electron chi connectivity index (χ0n) is 19.4. The molecule has 0 atom stereocenters. The molecule has 36 heavy (non-hydrogen) atoms. The molecule has 3 aromatic rings. The van der Waals surface area contributed by atoms with E-state index in [-0.39, 0.29) is 32.8 Å². The van der Waals surface area contributed by atoms with Crippen molar-refractivity contribution in [1.82, 2.24) is 0 Å². The van der Waals surface area contributed by atoms with Crippen molar-refractivity contribution < 1.29 is 35.9 Å². The topological polar surface area (TPSA) is 84.9 Å². The van der Waals surface area contributed by atoms with Gasteiger partial charge in [0.25, 0.3) is 10.0 Å². The molecule has 12 heteroatoms. The first kappa shape index (κ1) is 27.2. The number of hydrogen-bond acceptors (Lipinski definition) is 5. The molecule has 0 saturated heterocycles. The second-order valence-electron chi connectivity index (χ2n) is 7.61. The predicted molar refractivity (Wildman–Crippen MR) is 130 cm³/mol. The monoisotopic (exact) mass is 542 g/mol. The molecule has 0 fully saturated rings. The number of nitrogens with zero attached hydrogens (tertiary/aromatic N) is 1. The lowest BCUT2D eigenvalue weighted by molar-refractivity contribution is -0.137. The second kappa shape index (κ2) is 10.7. The van der Waals surface area contributed by atoms with Crippen LogP contribution in [0.15, 0.2) is 65.6 Å². The number of nitrogens with one attached hydrogen (secondary N) is 1. The van der Waals surface area contributed by atoms with Gasteiger partial charge in [-0.2, -0.15) is 13.2 Å². The maximum Gasteiger partial charge on any atom is 0.416 e. The van der Waals surface area contributed by atoms with Crippen LogP contribution >= 0.6 is 11.6 Å². The first-order valence-corrected chi connectivity index (χ1v) is 12.2. The Kier molecular flexibility index (Phi) is 8.05. The van der Waals surface area contributed by atoms with E-state index in [9.17, 15) is 26.4 Å². The highest BCUT2D eigenvalue weighted by atomic mass is 35.5. The normalized spacial score (nSPS) is 11.6. The maximum atomic E-state index is 13.5. The smallest absolute Gasteiger partial charge is 0.416 e. The number of ether oxygens (including phenoxy) is 2. The highest BCUT2D eigenvalue weighted by Gasteiger charge is 2.33. The van der Waals surface area contributed by atoms with E-state index >= 15 is 0 Å². The summed E-state index contributed by atoms with van der Waals surface area (Å²) in [5.41, 5.74) is -0.489. The van der Waals surface area contributed by atoms with Crippen LogP contribution in [-0.4, -0.2) is 35.1 Å². The van der Waals surface area contributed by atoms with Gasteiger partial charge in [-0.25, -0.2) is 8.42 Å². The van der Waals surface area contributed by atoms with Crippen molar-refractivity contribution in [2.75, 3.05) is 30.4 Å². The quantitative estimate of drug-likeness (QED) is 0.405. The summed E-state index contributed by atoms with van der Waals surface area (Å²) in [7, 11) is -1.73. The van der Waals surface area contributed by atoms with Crippen molar-refractivity contribution in [2.45, 2.75) is 18.0 Å². The van der Waals surface area contributed by atoms with Gasteiger partial charge in [0, 0.05) is 12.1 Å². The van der Waals surface area contributed by atoms with Gasteiger partial charge in [0.05, 0.1) is 41.1 Å². The SMILES string of the molecule is COc1cc(NC(=O)CN(c2cccc(C(F)(F)F)c2)S(=O)(=O)c2ccc(C)cc2)c(OC)cc1Cl. The molecule has 0 heterocycles. The van der Waals surface area contributed by atoms with E-state index in [0.29, 0.717) is 10.4 Å². The van der Waals surface area contributed by atoms with E-state index in [1.165, 1.54) is 44.6 Å². The number of sulfonamides is 1. The Morgan fingerprint density at radius 1 is 1.00 bits per heavy atom. The molecule has 3 rings (SSSR count). The Balaban J connectivity index is 2.04. The minimum absolute atomic E-state index is 0.125. The van der Waals surface area contributed by atoms with Crippen molar-refractivity contribution in [2.24, 2.45) is 0 Å². The third-order valence-corrected chi connectivity index (χ3v) is 7.19. The molecule has 0 aliphatic heterocycles. The number of benzene rings is 3. The summed E-state index contributed by atoms with van der Waals surface area (Å²) in [6.07, 6.45) is -4.72. The number of alkyl halides is 3. The van der Waals surface area contributed by atoms with E-state index in [1.54, 1.807) is 19.1 Å². The van der Waals surface area contributed by atoms with Gasteiger partial charge in [0.15, 0.2) is 0 Å². The summed E-state index contributed by atoms with van der Waals surface area (Å²) in [5, 5.41) is 2.72. The molecule has 0 unspecified atom stereocenters. The Morgan fingerprint density at radius 2 is 1.64 bits per heavy atom. The Labute approximate surface area is 211 Å². The lowest BCUT2D eigenvalue weighted by Gasteiger charge is -2.25. The van der Waals surface area contributed by atoms with Gasteiger partial charge in [-0.15, -0.1) is 0 Å². The Morgan fingerprint density at radius 3 is 2.22 bits per heavy atom. The largest absolute Gasteiger partial charge is 0.495 e. The van der Waals surface area contributed by atoms with Crippen LogP contribution < -0.4 is 19.1 Å². The fourth-order valence-electron chi connectivity index (χ4n) is 3.27. The maximum absolute atomic E-state index is 13.5. The van der Waals surface area contributed by atoms with Gasteiger partial charge >= 0.3 is 6.18 Å². The summed E-state index contributed by atoms with van der Waals surface area (Å²) in [6, 6.07) is 12.2. The van der Waals surface area contributed by atoms with Crippen molar-refractivity contribution in [3.05, 3.63) is 76.8 Å². The zero-order chi connectivity index (χ0) is 26.7. The summed E-state index contributed by atoms with van der Waals surface area (Å²) in [6.45, 7) is 0.924. The highest BCUT2D eigenvalue weighted by Crippen LogP contribution is 2.36. The standard InChI is InChI=1S/C24H22ClF3N2O5S/c1-15-7-9-18(10-8-15)36(32,33)30(17-6-4-5-16(11-17)24(26,27)28)14-23(31)29-20-13-21(34-2)19(25)12-22(20)35-3/h4-13H,14H2,1-3H3,(H,29,31). The third kappa shape index (κ3) is 6.03. The highest BCUT2D eigenvalue weighted by molar-refractivity contribution is 7.92. The molecule has 0 aliphatic rings. The fraction of sp³-hybridized carbons (Fsp3) is 0.208. The van der Waals surface area contributed by atoms with Gasteiger partial charge in [0.2, 0.25) is 5.91 Å². The number of rotatable bonds is 8. The van der Waals surface area contributed by atoms with Crippen LogP contribution in [0.5, 0.6) is 11.5 Å². The van der Waals surface area contributed by atoms with Crippen LogP contribution in [0.25, 0.3) is 0 Å². The molecule has 3 aromatic carbocycles. The molecule has 7 nitrogen and oxygen atoms in total. The molecule has 0 radical (unpaired) electrons. The second-order valence-corrected chi connectivity index (χ2v) is 9.88. The minimum Gasteiger partial charge on any atom is -0.495 e. The number of carbonyl (C=O) groups is 1. The van der Waals surface area contributed by atoms with Gasteiger partial charge in [-0.3, -0.25) is 9.10 Å². The van der Waals surface area contributed by atoms with Crippen LogP contribution in [0.1, 0.15) is 11.1 Å². The number of carbonyl (C=O) groups excluding carboxylic acids is 1. The Bertz CT molecular complexity index is 1360. The number of amides is 1. The van der Waals surface area contributed by atoms with Crippen molar-refractivity contribution in [3.63, 3.8) is 0 Å². The first-order chi connectivity index (χ1) is 16.9. The minimum atomic E-state index is -4.72. The van der Waals surface area contributed by atoms with Gasteiger partial charge in [-0.1, -0.05) is 35.4 Å². The summed E-state index contributed by atoms with van der Waals surface area (Å²) in [5.74, 6) is -0.457. The lowest BCUT2D eigenvalue weighted by atomic mass is 10.2. The zero-order valence-corrected chi connectivity index (χ0v) is 21.0. The molecule has 1 amide bonds. The molecule has 0 aliphatic carbocycles. The number of anilines is 2. The van der Waals surface area contributed by atoms with Crippen molar-refractivity contribution >= 4 is 38.9 Å². The lowest BCUT2D eigenvalue weighted by Crippen LogP contribution is -2.38. The number of halogens is 4. The molecule has 0 bridgehead atoms. The molecule has 0 spiro atoms. The van der Waals surface area contributed by atoms with Crippen LogP contribution in [-0.2, 0) is 21.0 Å². The van der Waals surface area contributed by atoms with E-state index in [1.807, 2.05) is 0 Å². The van der Waals surface area contributed by atoms with E-state index in [0.717, 1.165) is 17.7 Å². The third-order valence-electron chi connectivity index (χ3n) is 5.11. The summed E-state index contributed by atoms with van der Waals surface area (Å²) in [4.78, 5) is 12.8. The molecular formula is C24H22ClF3N2O5S. The van der Waals surface area contributed by atoms with Crippen LogP contribution in [0.4, 0.5) is 24.5 Å². The fourth-order valence-corrected chi connectivity index (χ4v) is 4.91. The van der Waals surface area contributed by atoms with Gasteiger partial charge < -0.3 is 14.8 Å². The van der Waals surface area contributed by atoms with E-state index < -0.39 is 34.2 Å². The van der Waals surface area contributed by atoms with Crippen LogP contribution in [0.2, 0.25) is 5.02 Å². The first-order valence-electron chi connectivity index (χ1n) is 10.3. The summed E-state index contributed by atoms with van der Waals surface area (Å²) < 4.78 is 77.9. The number of methoxy groups -OCH3 is 2. The molecule has 0 aromatic heterocycles. The average Bonchev–Trinajstić information content (AvgIpc) is 2.83. The molecular weight excluding hydrogens is 521 g/mol. The van der Waals surface area contributed by atoms with E-state index in [2.05, 4.69) is 5.32 Å². The predicted octanol–water partition coefficient (Wildman–Crippen LogP) is 5.52. The van der Waals surface area contributed by atoms with E-state index in [4.69, 9.17) is 21.1 Å². The van der Waals surface area contributed by atoms with Crippen LogP contribution in [0, 0.1) is 6.92 Å². The van der Waals surface area contributed by atoms with Gasteiger partial charge in [0.1, 0.15) is 18.0 Å². The van der Waals surface area contributed by atoms with Crippen molar-refractivity contribution in [3.8, 4) is 11.5 Å².